The molecular formula is C21H33ClO2S. The van der Waals surface area contributed by atoms with E-state index in [1.807, 2.05) is 13.8 Å². The van der Waals surface area contributed by atoms with Crippen molar-refractivity contribution in [3.8, 4) is 0 Å². The van der Waals surface area contributed by atoms with Gasteiger partial charge in [0, 0.05) is 4.90 Å². The van der Waals surface area contributed by atoms with Crippen LogP contribution in [-0.2, 0) is 4.79 Å². The van der Waals surface area contributed by atoms with Crippen molar-refractivity contribution in [2.45, 2.75) is 89.5 Å². The molecule has 0 aliphatic heterocycles. The standard InChI is InChI=1S/C21H33ClO2S/c1-11(2)15-9-16(12(3)4)20(17(10-15)13(5)6)25-21(24)18(22)19(23)14(7)8/h9-14,18-19,23H,1-8H3/t18-,19+/m0/s1. The molecule has 0 saturated heterocycles. The molecule has 1 aromatic rings. The van der Waals surface area contributed by atoms with Crippen LogP contribution in [0.15, 0.2) is 17.0 Å². The van der Waals surface area contributed by atoms with Crippen molar-refractivity contribution in [1.82, 2.24) is 0 Å². The molecule has 0 amide bonds. The van der Waals surface area contributed by atoms with Crippen LogP contribution in [0.5, 0.6) is 0 Å². The Morgan fingerprint density at radius 3 is 1.68 bits per heavy atom. The summed E-state index contributed by atoms with van der Waals surface area (Å²) in [6.45, 7) is 16.7. The number of carbonyl (C=O) groups is 1. The van der Waals surface area contributed by atoms with Crippen molar-refractivity contribution in [2.75, 3.05) is 0 Å². The quantitative estimate of drug-likeness (QED) is 0.442. The molecule has 1 N–H and O–H groups in total. The first-order valence-electron chi connectivity index (χ1n) is 9.18. The van der Waals surface area contributed by atoms with Crippen LogP contribution in [0.2, 0.25) is 0 Å². The molecule has 25 heavy (non-hydrogen) atoms. The van der Waals surface area contributed by atoms with Crippen molar-refractivity contribution >= 4 is 28.5 Å². The van der Waals surface area contributed by atoms with Crippen LogP contribution in [0.4, 0.5) is 0 Å². The Bertz CT molecular complexity index is 565. The molecule has 4 heteroatoms. The number of halogens is 1. The zero-order chi connectivity index (χ0) is 19.5. The summed E-state index contributed by atoms with van der Waals surface area (Å²) < 4.78 is 0. The number of hydrogen-bond acceptors (Lipinski definition) is 3. The van der Waals surface area contributed by atoms with Gasteiger partial charge in [-0.3, -0.25) is 4.79 Å². The summed E-state index contributed by atoms with van der Waals surface area (Å²) in [6.07, 6.45) is -0.832. The molecule has 0 aromatic heterocycles. The Morgan fingerprint density at radius 2 is 1.36 bits per heavy atom. The highest BCUT2D eigenvalue weighted by atomic mass is 35.5. The van der Waals surface area contributed by atoms with E-state index in [-0.39, 0.29) is 11.0 Å². The number of carbonyl (C=O) groups excluding carboxylic acids is 1. The van der Waals surface area contributed by atoms with Crippen LogP contribution in [0.1, 0.15) is 89.8 Å². The summed E-state index contributed by atoms with van der Waals surface area (Å²) in [5.41, 5.74) is 3.68. The fraction of sp³-hybridized carbons (Fsp3) is 0.667. The third-order valence-corrected chi connectivity index (χ3v) is 6.21. The highest BCUT2D eigenvalue weighted by Gasteiger charge is 2.29. The van der Waals surface area contributed by atoms with Gasteiger partial charge in [0.1, 0.15) is 5.38 Å². The van der Waals surface area contributed by atoms with Gasteiger partial charge in [0.05, 0.1) is 6.10 Å². The number of alkyl halides is 1. The number of benzene rings is 1. The molecule has 142 valence electrons. The molecule has 0 saturated carbocycles. The van der Waals surface area contributed by atoms with Crippen LogP contribution in [0.25, 0.3) is 0 Å². The van der Waals surface area contributed by atoms with Crippen molar-refractivity contribution in [3.63, 3.8) is 0 Å². The Kier molecular flexibility index (Phi) is 8.50. The largest absolute Gasteiger partial charge is 0.391 e. The van der Waals surface area contributed by atoms with Gasteiger partial charge in [-0.25, -0.2) is 0 Å². The zero-order valence-electron chi connectivity index (χ0n) is 16.8. The lowest BCUT2D eigenvalue weighted by Gasteiger charge is -2.24. The number of thioether (sulfide) groups is 1. The minimum atomic E-state index is -0.894. The smallest absolute Gasteiger partial charge is 0.214 e. The van der Waals surface area contributed by atoms with Crippen molar-refractivity contribution < 1.29 is 9.90 Å². The van der Waals surface area contributed by atoms with E-state index in [2.05, 4.69) is 53.7 Å². The van der Waals surface area contributed by atoms with Gasteiger partial charge < -0.3 is 5.11 Å². The van der Waals surface area contributed by atoms with E-state index >= 15 is 0 Å². The minimum absolute atomic E-state index is 0.0514. The highest BCUT2D eigenvalue weighted by Crippen LogP contribution is 2.39. The Hall–Kier alpha value is -0.510. The number of rotatable bonds is 7. The number of aliphatic hydroxyl groups is 1. The second kappa shape index (κ2) is 9.43. The highest BCUT2D eigenvalue weighted by molar-refractivity contribution is 8.14. The maximum Gasteiger partial charge on any atom is 0.214 e. The first-order valence-corrected chi connectivity index (χ1v) is 10.4. The summed E-state index contributed by atoms with van der Waals surface area (Å²) in [7, 11) is 0. The molecule has 0 radical (unpaired) electrons. The summed E-state index contributed by atoms with van der Waals surface area (Å²) in [4.78, 5) is 13.7. The lowest BCUT2D eigenvalue weighted by atomic mass is 9.89. The van der Waals surface area contributed by atoms with Gasteiger partial charge in [-0.1, -0.05) is 67.5 Å². The van der Waals surface area contributed by atoms with E-state index in [0.29, 0.717) is 17.8 Å². The van der Waals surface area contributed by atoms with Gasteiger partial charge >= 0.3 is 0 Å². The summed E-state index contributed by atoms with van der Waals surface area (Å²) in [5, 5.41) is 9.08. The zero-order valence-corrected chi connectivity index (χ0v) is 18.3. The van der Waals surface area contributed by atoms with Crippen LogP contribution in [0, 0.1) is 5.92 Å². The number of hydrogen-bond donors (Lipinski definition) is 1. The first kappa shape index (κ1) is 22.5. The molecule has 0 heterocycles. The second-order valence-corrected chi connectivity index (χ2v) is 9.53. The SMILES string of the molecule is CC(C)c1cc(C(C)C)c(SC(=O)[C@@H](Cl)[C@H](O)C(C)C)c(C(C)C)c1. The van der Waals surface area contributed by atoms with E-state index in [4.69, 9.17) is 11.6 Å². The van der Waals surface area contributed by atoms with Crippen molar-refractivity contribution in [3.05, 3.63) is 28.8 Å². The van der Waals surface area contributed by atoms with Gasteiger partial charge in [0.25, 0.3) is 0 Å². The Balaban J connectivity index is 3.35. The summed E-state index contributed by atoms with van der Waals surface area (Å²) >= 11 is 7.45. The van der Waals surface area contributed by atoms with Crippen LogP contribution < -0.4 is 0 Å². The molecule has 1 rings (SSSR count). The Labute approximate surface area is 162 Å². The number of aliphatic hydroxyl groups excluding tert-OH is 1. The van der Waals surface area contributed by atoms with Crippen LogP contribution in [-0.4, -0.2) is 21.7 Å². The molecule has 2 nitrogen and oxygen atoms in total. The van der Waals surface area contributed by atoms with E-state index in [9.17, 15) is 9.90 Å². The molecule has 0 aliphatic rings. The average molecular weight is 385 g/mol. The Morgan fingerprint density at radius 1 is 0.920 bits per heavy atom. The fourth-order valence-electron chi connectivity index (χ4n) is 2.64. The third-order valence-electron chi connectivity index (χ3n) is 4.49. The van der Waals surface area contributed by atoms with Gasteiger partial charge in [-0.05, 0) is 52.1 Å². The molecule has 0 spiro atoms. The predicted octanol–water partition coefficient (Wildman–Crippen LogP) is 6.30. The van der Waals surface area contributed by atoms with Crippen LogP contribution in [0.3, 0.4) is 0 Å². The second-order valence-electron chi connectivity index (χ2n) is 8.05. The third kappa shape index (κ3) is 5.74. The minimum Gasteiger partial charge on any atom is -0.391 e. The normalized spacial score (nSPS) is 14.6. The molecular weight excluding hydrogens is 352 g/mol. The van der Waals surface area contributed by atoms with Gasteiger partial charge in [0.2, 0.25) is 5.12 Å². The molecule has 0 unspecified atom stereocenters. The van der Waals surface area contributed by atoms with E-state index in [0.717, 1.165) is 4.90 Å². The first-order chi connectivity index (χ1) is 11.5. The maximum absolute atomic E-state index is 12.7. The molecule has 0 fully saturated rings. The molecule has 0 bridgehead atoms. The predicted molar refractivity (Wildman–Crippen MR) is 110 cm³/mol. The van der Waals surface area contributed by atoms with Gasteiger partial charge in [0.15, 0.2) is 0 Å². The topological polar surface area (TPSA) is 37.3 Å². The van der Waals surface area contributed by atoms with Gasteiger partial charge in [-0.2, -0.15) is 0 Å². The van der Waals surface area contributed by atoms with Crippen molar-refractivity contribution in [1.29, 1.82) is 0 Å². The van der Waals surface area contributed by atoms with E-state index in [1.54, 1.807) is 0 Å². The van der Waals surface area contributed by atoms with E-state index < -0.39 is 11.5 Å². The van der Waals surface area contributed by atoms with Crippen molar-refractivity contribution in [2.24, 2.45) is 5.92 Å². The fourth-order valence-corrected chi connectivity index (χ4v) is 4.34. The van der Waals surface area contributed by atoms with Crippen LogP contribution >= 0.6 is 23.4 Å². The average Bonchev–Trinajstić information content (AvgIpc) is 2.52. The lowest BCUT2D eigenvalue weighted by Crippen LogP contribution is -2.31. The summed E-state index contributed by atoms with van der Waals surface area (Å²) in [5.74, 6) is 1.02. The lowest BCUT2D eigenvalue weighted by molar-refractivity contribution is -0.112. The summed E-state index contributed by atoms with van der Waals surface area (Å²) in [6, 6.07) is 4.44. The van der Waals surface area contributed by atoms with E-state index in [1.165, 1.54) is 28.5 Å². The molecule has 0 aliphatic carbocycles. The molecule has 2 atom stereocenters. The molecule has 1 aromatic carbocycles. The van der Waals surface area contributed by atoms with Gasteiger partial charge in [-0.15, -0.1) is 11.6 Å². The maximum atomic E-state index is 12.7. The monoisotopic (exact) mass is 384 g/mol.